The molecular weight excluding hydrogens is 298 g/mol. The third-order valence-corrected chi connectivity index (χ3v) is 3.83. The first-order valence-electron chi connectivity index (χ1n) is 6.69. The molecule has 2 rings (SSSR count). The predicted molar refractivity (Wildman–Crippen MR) is 75.6 cm³/mol. The summed E-state index contributed by atoms with van der Waals surface area (Å²) in [6.45, 7) is 4.39. The number of aryl methyl sites for hydroxylation is 1. The van der Waals surface area contributed by atoms with Crippen molar-refractivity contribution in [2.24, 2.45) is 7.05 Å². The standard InChI is InChI=1S/C13H18ClN3O4/c1-7(2)10-9(11(14)16(3)15-10)12(18)17-4-5-21-8(6-17)13(19)20/h7-8H,4-6H2,1-3H3,(H,19,20)/t8-/m0/s1. The summed E-state index contributed by atoms with van der Waals surface area (Å²) in [6, 6.07) is 0. The van der Waals surface area contributed by atoms with E-state index in [2.05, 4.69) is 5.10 Å². The number of rotatable bonds is 3. The van der Waals surface area contributed by atoms with Crippen LogP contribution in [-0.4, -0.2) is 57.5 Å². The maximum absolute atomic E-state index is 12.7. The summed E-state index contributed by atoms with van der Waals surface area (Å²) in [4.78, 5) is 25.1. The van der Waals surface area contributed by atoms with Crippen molar-refractivity contribution >= 4 is 23.5 Å². The molecule has 0 bridgehead atoms. The van der Waals surface area contributed by atoms with Crippen LogP contribution in [-0.2, 0) is 16.6 Å². The Hall–Kier alpha value is -1.60. The summed E-state index contributed by atoms with van der Waals surface area (Å²) in [7, 11) is 1.67. The van der Waals surface area contributed by atoms with Crippen LogP contribution in [0.2, 0.25) is 5.15 Å². The zero-order valence-corrected chi connectivity index (χ0v) is 12.9. The lowest BCUT2D eigenvalue weighted by atomic mass is 10.1. The molecule has 1 aliphatic heterocycles. The van der Waals surface area contributed by atoms with Crippen LogP contribution >= 0.6 is 11.6 Å². The number of ether oxygens (including phenoxy) is 1. The number of amides is 1. The maximum Gasteiger partial charge on any atom is 0.334 e. The molecule has 21 heavy (non-hydrogen) atoms. The first-order chi connectivity index (χ1) is 9.82. The van der Waals surface area contributed by atoms with E-state index in [4.69, 9.17) is 21.4 Å². The van der Waals surface area contributed by atoms with E-state index in [9.17, 15) is 9.59 Å². The third kappa shape index (κ3) is 3.03. The van der Waals surface area contributed by atoms with Gasteiger partial charge in [-0.15, -0.1) is 0 Å². The fourth-order valence-corrected chi connectivity index (χ4v) is 2.48. The second-order valence-electron chi connectivity index (χ2n) is 5.28. The molecule has 1 aliphatic rings. The first kappa shape index (κ1) is 15.8. The van der Waals surface area contributed by atoms with Gasteiger partial charge in [-0.05, 0) is 5.92 Å². The Bertz CT molecular complexity index is 570. The molecule has 1 N–H and O–H groups in total. The number of nitrogens with zero attached hydrogens (tertiary/aromatic N) is 3. The first-order valence-corrected chi connectivity index (χ1v) is 7.06. The van der Waals surface area contributed by atoms with Gasteiger partial charge in [-0.2, -0.15) is 5.10 Å². The lowest BCUT2D eigenvalue weighted by Gasteiger charge is -2.31. The van der Waals surface area contributed by atoms with Gasteiger partial charge in [0, 0.05) is 13.6 Å². The Morgan fingerprint density at radius 1 is 1.48 bits per heavy atom. The SMILES string of the molecule is CC(C)c1nn(C)c(Cl)c1C(=O)N1CCO[C@H](C(=O)O)C1. The highest BCUT2D eigenvalue weighted by molar-refractivity contribution is 6.33. The van der Waals surface area contributed by atoms with Crippen molar-refractivity contribution in [3.63, 3.8) is 0 Å². The van der Waals surface area contributed by atoms with Crippen LogP contribution in [0, 0.1) is 0 Å². The van der Waals surface area contributed by atoms with Crippen molar-refractivity contribution in [1.29, 1.82) is 0 Å². The molecule has 0 aliphatic carbocycles. The molecule has 0 spiro atoms. The van der Waals surface area contributed by atoms with E-state index in [1.54, 1.807) is 7.05 Å². The molecule has 0 saturated carbocycles. The van der Waals surface area contributed by atoms with Crippen molar-refractivity contribution in [2.45, 2.75) is 25.9 Å². The number of aromatic nitrogens is 2. The van der Waals surface area contributed by atoms with Gasteiger partial charge in [0.15, 0.2) is 6.10 Å². The predicted octanol–water partition coefficient (Wildman–Crippen LogP) is 1.12. The number of aliphatic carboxylic acids is 1. The molecule has 7 nitrogen and oxygen atoms in total. The van der Waals surface area contributed by atoms with Gasteiger partial charge in [-0.25, -0.2) is 4.79 Å². The van der Waals surface area contributed by atoms with Gasteiger partial charge < -0.3 is 14.7 Å². The minimum atomic E-state index is -1.08. The van der Waals surface area contributed by atoms with Gasteiger partial charge in [-0.1, -0.05) is 25.4 Å². The second kappa shape index (κ2) is 6.03. The topological polar surface area (TPSA) is 84.7 Å². The number of morpholine rings is 1. The van der Waals surface area contributed by atoms with Gasteiger partial charge in [0.2, 0.25) is 0 Å². The average molecular weight is 316 g/mol. The van der Waals surface area contributed by atoms with Gasteiger partial charge >= 0.3 is 5.97 Å². The molecule has 0 aromatic carbocycles. The summed E-state index contributed by atoms with van der Waals surface area (Å²) in [5, 5.41) is 13.5. The van der Waals surface area contributed by atoms with E-state index in [1.165, 1.54) is 9.58 Å². The fraction of sp³-hybridized carbons (Fsp3) is 0.615. The zero-order chi connectivity index (χ0) is 15.7. The molecular formula is C13H18ClN3O4. The Labute approximate surface area is 127 Å². The Morgan fingerprint density at radius 2 is 2.14 bits per heavy atom. The van der Waals surface area contributed by atoms with Crippen molar-refractivity contribution in [2.75, 3.05) is 19.7 Å². The summed E-state index contributed by atoms with van der Waals surface area (Å²) < 4.78 is 6.58. The third-order valence-electron chi connectivity index (χ3n) is 3.39. The molecule has 116 valence electrons. The fourth-order valence-electron chi connectivity index (χ4n) is 2.27. The Balaban J connectivity index is 2.30. The largest absolute Gasteiger partial charge is 0.479 e. The molecule has 1 amide bonds. The van der Waals surface area contributed by atoms with Crippen LogP contribution in [0.25, 0.3) is 0 Å². The van der Waals surface area contributed by atoms with E-state index in [0.29, 0.717) is 17.8 Å². The molecule has 2 heterocycles. The highest BCUT2D eigenvalue weighted by Crippen LogP contribution is 2.27. The Morgan fingerprint density at radius 3 is 2.71 bits per heavy atom. The second-order valence-corrected chi connectivity index (χ2v) is 5.64. The number of carbonyl (C=O) groups excluding carboxylic acids is 1. The minimum absolute atomic E-state index is 0.0108. The van der Waals surface area contributed by atoms with E-state index < -0.39 is 12.1 Å². The normalized spacial score (nSPS) is 19.1. The van der Waals surface area contributed by atoms with Gasteiger partial charge in [-0.3, -0.25) is 9.48 Å². The number of carbonyl (C=O) groups is 2. The van der Waals surface area contributed by atoms with Crippen LogP contribution < -0.4 is 0 Å². The van der Waals surface area contributed by atoms with Crippen LogP contribution in [0.15, 0.2) is 0 Å². The van der Waals surface area contributed by atoms with Crippen molar-refractivity contribution in [1.82, 2.24) is 14.7 Å². The minimum Gasteiger partial charge on any atom is -0.479 e. The van der Waals surface area contributed by atoms with E-state index in [0.717, 1.165) is 0 Å². The van der Waals surface area contributed by atoms with Crippen molar-refractivity contribution in [3.05, 3.63) is 16.4 Å². The maximum atomic E-state index is 12.7. The van der Waals surface area contributed by atoms with E-state index in [-0.39, 0.29) is 30.1 Å². The van der Waals surface area contributed by atoms with Gasteiger partial charge in [0.25, 0.3) is 5.91 Å². The van der Waals surface area contributed by atoms with E-state index in [1.807, 2.05) is 13.8 Å². The molecule has 1 saturated heterocycles. The summed E-state index contributed by atoms with van der Waals surface area (Å²) in [6.07, 6.45) is -0.999. The molecule has 1 fully saturated rings. The van der Waals surface area contributed by atoms with Gasteiger partial charge in [0.05, 0.1) is 24.4 Å². The molecule has 8 heteroatoms. The molecule has 0 unspecified atom stereocenters. The number of halogens is 1. The number of hydrogen-bond donors (Lipinski definition) is 1. The van der Waals surface area contributed by atoms with E-state index >= 15 is 0 Å². The highest BCUT2D eigenvalue weighted by Gasteiger charge is 2.33. The Kier molecular flexibility index (Phi) is 4.53. The van der Waals surface area contributed by atoms with Crippen molar-refractivity contribution in [3.8, 4) is 0 Å². The average Bonchev–Trinajstić information content (AvgIpc) is 2.74. The van der Waals surface area contributed by atoms with Crippen LogP contribution in [0.5, 0.6) is 0 Å². The molecule has 1 aromatic rings. The molecule has 1 atom stereocenters. The number of carboxylic acids is 1. The summed E-state index contributed by atoms with van der Waals surface area (Å²) in [5.74, 6) is -1.33. The summed E-state index contributed by atoms with van der Waals surface area (Å²) >= 11 is 6.18. The number of carboxylic acid groups (broad SMARTS) is 1. The molecule has 0 radical (unpaired) electrons. The summed E-state index contributed by atoms with van der Waals surface area (Å²) in [5.41, 5.74) is 0.964. The van der Waals surface area contributed by atoms with Crippen LogP contribution in [0.1, 0.15) is 35.8 Å². The lowest BCUT2D eigenvalue weighted by molar-refractivity contribution is -0.154. The van der Waals surface area contributed by atoms with Crippen LogP contribution in [0.3, 0.4) is 0 Å². The monoisotopic (exact) mass is 315 g/mol. The zero-order valence-electron chi connectivity index (χ0n) is 12.2. The smallest absolute Gasteiger partial charge is 0.334 e. The van der Waals surface area contributed by atoms with Gasteiger partial charge in [0.1, 0.15) is 5.15 Å². The molecule has 1 aromatic heterocycles. The highest BCUT2D eigenvalue weighted by atomic mass is 35.5. The van der Waals surface area contributed by atoms with Crippen molar-refractivity contribution < 1.29 is 19.4 Å². The number of hydrogen-bond acceptors (Lipinski definition) is 4. The quantitative estimate of drug-likeness (QED) is 0.903. The lowest BCUT2D eigenvalue weighted by Crippen LogP contribution is -2.48. The van der Waals surface area contributed by atoms with Crippen LogP contribution in [0.4, 0.5) is 0 Å².